The number of urea groups is 1. The summed E-state index contributed by atoms with van der Waals surface area (Å²) in [5.74, 6) is 3.38. The van der Waals surface area contributed by atoms with Crippen LogP contribution in [0.4, 0.5) is 10.6 Å². The fraction of sp³-hybridized carbons (Fsp3) is 0.522. The zero-order valence-electron chi connectivity index (χ0n) is 18.1. The summed E-state index contributed by atoms with van der Waals surface area (Å²) in [6, 6.07) is 10.2. The molecule has 160 valence electrons. The molecule has 1 unspecified atom stereocenters. The van der Waals surface area contributed by atoms with E-state index in [0.29, 0.717) is 38.1 Å². The number of carbonyl (C=O) groups excluding carboxylic acids is 1. The Kier molecular flexibility index (Phi) is 6.06. The number of hydrogen-bond donors (Lipinski definition) is 1. The highest BCUT2D eigenvalue weighted by Gasteiger charge is 2.25. The average molecular weight is 410 g/mol. The maximum absolute atomic E-state index is 12.7. The van der Waals surface area contributed by atoms with E-state index >= 15 is 0 Å². The molecule has 2 aliphatic rings. The summed E-state index contributed by atoms with van der Waals surface area (Å²) >= 11 is 0. The van der Waals surface area contributed by atoms with E-state index in [1.165, 1.54) is 5.56 Å². The van der Waals surface area contributed by atoms with Gasteiger partial charge < -0.3 is 19.9 Å². The summed E-state index contributed by atoms with van der Waals surface area (Å²) < 4.78 is 5.72. The second-order valence-electron chi connectivity index (χ2n) is 8.41. The molecule has 7 nitrogen and oxygen atoms in total. The van der Waals surface area contributed by atoms with Crippen LogP contribution in [0.1, 0.15) is 49.2 Å². The van der Waals surface area contributed by atoms with Crippen molar-refractivity contribution < 1.29 is 9.53 Å². The molecule has 0 saturated carbocycles. The molecule has 2 aromatic rings. The van der Waals surface area contributed by atoms with Gasteiger partial charge in [-0.1, -0.05) is 32.0 Å². The smallest absolute Gasteiger partial charge is 0.317 e. The van der Waals surface area contributed by atoms with Gasteiger partial charge in [-0.25, -0.2) is 14.8 Å². The van der Waals surface area contributed by atoms with Crippen molar-refractivity contribution in [2.75, 3.05) is 44.2 Å². The van der Waals surface area contributed by atoms with Crippen molar-refractivity contribution in [1.29, 1.82) is 0 Å². The van der Waals surface area contributed by atoms with E-state index in [4.69, 9.17) is 9.72 Å². The Labute approximate surface area is 178 Å². The van der Waals surface area contributed by atoms with Gasteiger partial charge in [-0.05, 0) is 25.0 Å². The lowest BCUT2D eigenvalue weighted by molar-refractivity contribution is 0.191. The van der Waals surface area contributed by atoms with Gasteiger partial charge in [0.2, 0.25) is 0 Å². The van der Waals surface area contributed by atoms with Crippen LogP contribution in [0.15, 0.2) is 30.3 Å². The molecule has 1 saturated heterocycles. The summed E-state index contributed by atoms with van der Waals surface area (Å²) in [6.45, 7) is 10.5. The van der Waals surface area contributed by atoms with Crippen LogP contribution >= 0.6 is 0 Å². The van der Waals surface area contributed by atoms with E-state index in [9.17, 15) is 4.79 Å². The maximum atomic E-state index is 12.7. The highest BCUT2D eigenvalue weighted by molar-refractivity contribution is 5.74. The van der Waals surface area contributed by atoms with Gasteiger partial charge in [-0.2, -0.15) is 0 Å². The van der Waals surface area contributed by atoms with E-state index in [2.05, 4.69) is 35.1 Å². The first-order valence-corrected chi connectivity index (χ1v) is 10.9. The molecule has 30 heavy (non-hydrogen) atoms. The molecule has 4 rings (SSSR count). The first-order valence-electron chi connectivity index (χ1n) is 10.9. The van der Waals surface area contributed by atoms with Gasteiger partial charge >= 0.3 is 6.03 Å². The fourth-order valence-corrected chi connectivity index (χ4v) is 4.08. The lowest BCUT2D eigenvalue weighted by Crippen LogP contribution is -2.52. The third kappa shape index (κ3) is 4.50. The third-order valence-electron chi connectivity index (χ3n) is 5.85. The minimum absolute atomic E-state index is 0.0142. The van der Waals surface area contributed by atoms with Crippen molar-refractivity contribution in [1.82, 2.24) is 20.2 Å². The number of amides is 2. The van der Waals surface area contributed by atoms with Crippen LogP contribution in [0.2, 0.25) is 0 Å². The highest BCUT2D eigenvalue weighted by Crippen LogP contribution is 2.32. The summed E-state index contributed by atoms with van der Waals surface area (Å²) in [4.78, 5) is 26.1. The fourth-order valence-electron chi connectivity index (χ4n) is 4.08. The number of nitrogens with zero attached hydrogens (tertiary/aromatic N) is 4. The molecule has 3 heterocycles. The quantitative estimate of drug-likeness (QED) is 0.839. The molecule has 1 aromatic carbocycles. The molecule has 1 fully saturated rings. The number of aromatic nitrogens is 2. The Morgan fingerprint density at radius 1 is 1.20 bits per heavy atom. The van der Waals surface area contributed by atoms with Crippen molar-refractivity contribution in [3.63, 3.8) is 0 Å². The first-order chi connectivity index (χ1) is 14.5. The molecule has 0 radical (unpaired) electrons. The van der Waals surface area contributed by atoms with Crippen molar-refractivity contribution in [3.05, 3.63) is 47.4 Å². The Morgan fingerprint density at radius 2 is 1.97 bits per heavy atom. The number of rotatable bonds is 4. The normalized spacial score (nSPS) is 18.7. The van der Waals surface area contributed by atoms with Crippen LogP contribution in [0, 0.1) is 6.92 Å². The SMILES string of the molecule is Cc1cc(N2CCN(C(=O)NCC3CCOc4ccccc43)CC2)nc(C(C)C)n1. The summed E-state index contributed by atoms with van der Waals surface area (Å²) in [5, 5.41) is 3.14. The Hall–Kier alpha value is -2.83. The number of fused-ring (bicyclic) bond motifs is 1. The molecule has 1 atom stereocenters. The highest BCUT2D eigenvalue weighted by atomic mass is 16.5. The van der Waals surface area contributed by atoms with E-state index in [1.54, 1.807) is 0 Å². The molecule has 0 aliphatic carbocycles. The lowest BCUT2D eigenvalue weighted by Gasteiger charge is -2.36. The molecule has 0 spiro atoms. The number of piperazine rings is 1. The topological polar surface area (TPSA) is 70.6 Å². The number of nitrogens with one attached hydrogen (secondary N) is 1. The van der Waals surface area contributed by atoms with Gasteiger partial charge in [0.25, 0.3) is 0 Å². The summed E-state index contributed by atoms with van der Waals surface area (Å²) in [5.41, 5.74) is 2.18. The number of aryl methyl sites for hydroxylation is 1. The molecule has 2 aliphatic heterocycles. The maximum Gasteiger partial charge on any atom is 0.317 e. The number of carbonyl (C=O) groups is 1. The van der Waals surface area contributed by atoms with Gasteiger partial charge in [0, 0.05) is 56.3 Å². The van der Waals surface area contributed by atoms with E-state index in [0.717, 1.165) is 42.6 Å². The number of hydrogen-bond acceptors (Lipinski definition) is 5. The Bertz CT molecular complexity index is 893. The summed E-state index contributed by atoms with van der Waals surface area (Å²) in [6.07, 6.45) is 0.927. The van der Waals surface area contributed by atoms with E-state index < -0.39 is 0 Å². The van der Waals surface area contributed by atoms with Gasteiger partial charge in [0.05, 0.1) is 6.61 Å². The van der Waals surface area contributed by atoms with Gasteiger partial charge in [0.1, 0.15) is 17.4 Å². The number of para-hydroxylation sites is 1. The Balaban J connectivity index is 1.31. The minimum atomic E-state index is 0.0142. The van der Waals surface area contributed by atoms with Crippen molar-refractivity contribution in [3.8, 4) is 5.75 Å². The van der Waals surface area contributed by atoms with E-state index in [-0.39, 0.29) is 6.03 Å². The molecule has 1 N–H and O–H groups in total. The largest absolute Gasteiger partial charge is 0.493 e. The molecular formula is C23H31N5O2. The number of ether oxygens (including phenoxy) is 1. The lowest BCUT2D eigenvalue weighted by atomic mass is 9.93. The predicted octanol–water partition coefficient (Wildman–Crippen LogP) is 3.31. The van der Waals surface area contributed by atoms with Crippen LogP contribution in [-0.4, -0.2) is 60.2 Å². The van der Waals surface area contributed by atoms with Crippen LogP contribution in [-0.2, 0) is 0 Å². The van der Waals surface area contributed by atoms with Crippen LogP contribution < -0.4 is 15.0 Å². The number of anilines is 1. The molecular weight excluding hydrogens is 378 g/mol. The minimum Gasteiger partial charge on any atom is -0.493 e. The van der Waals surface area contributed by atoms with Crippen molar-refractivity contribution in [2.45, 2.75) is 39.0 Å². The molecule has 7 heteroatoms. The zero-order valence-corrected chi connectivity index (χ0v) is 18.1. The first kappa shape index (κ1) is 20.4. The average Bonchev–Trinajstić information content (AvgIpc) is 2.77. The Morgan fingerprint density at radius 3 is 2.73 bits per heavy atom. The monoisotopic (exact) mass is 409 g/mol. The zero-order chi connectivity index (χ0) is 21.1. The van der Waals surface area contributed by atoms with E-state index in [1.807, 2.05) is 36.1 Å². The molecule has 1 aromatic heterocycles. The van der Waals surface area contributed by atoms with Crippen LogP contribution in [0.3, 0.4) is 0 Å². The molecule has 0 bridgehead atoms. The van der Waals surface area contributed by atoms with Gasteiger partial charge in [-0.15, -0.1) is 0 Å². The predicted molar refractivity (Wildman–Crippen MR) is 117 cm³/mol. The summed E-state index contributed by atoms with van der Waals surface area (Å²) in [7, 11) is 0. The van der Waals surface area contributed by atoms with Crippen molar-refractivity contribution in [2.24, 2.45) is 0 Å². The van der Waals surface area contributed by atoms with Crippen LogP contribution in [0.5, 0.6) is 5.75 Å². The van der Waals surface area contributed by atoms with Crippen LogP contribution in [0.25, 0.3) is 0 Å². The second kappa shape index (κ2) is 8.90. The standard InChI is InChI=1S/C23H31N5O2/c1-16(2)22-25-17(3)14-21(26-22)27-9-11-28(12-10-27)23(29)24-15-18-8-13-30-20-7-5-4-6-19(18)20/h4-7,14,16,18H,8-13,15H2,1-3H3,(H,24,29). The van der Waals surface area contributed by atoms with Gasteiger partial charge in [-0.3, -0.25) is 0 Å². The second-order valence-corrected chi connectivity index (χ2v) is 8.41. The van der Waals surface area contributed by atoms with Gasteiger partial charge in [0.15, 0.2) is 0 Å². The molecule has 2 amide bonds. The number of benzene rings is 1. The van der Waals surface area contributed by atoms with Crippen molar-refractivity contribution >= 4 is 11.8 Å². The third-order valence-corrected chi connectivity index (χ3v) is 5.85.